The van der Waals surface area contributed by atoms with Crippen LogP contribution < -0.4 is 0 Å². The van der Waals surface area contributed by atoms with Crippen molar-refractivity contribution in [1.82, 2.24) is 4.90 Å². The molecular weight excluding hydrogens is 346 g/mol. The molecule has 3 aromatic rings. The second kappa shape index (κ2) is 8.96. The van der Waals surface area contributed by atoms with E-state index in [1.165, 1.54) is 6.92 Å². The van der Waals surface area contributed by atoms with Gasteiger partial charge in [0.2, 0.25) is 5.91 Å². The summed E-state index contributed by atoms with van der Waals surface area (Å²) in [4.78, 5) is 27.0. The molecule has 0 N–H and O–H groups in total. The molecule has 0 fully saturated rings. The molecule has 0 saturated carbocycles. The summed E-state index contributed by atoms with van der Waals surface area (Å²) in [5.41, 5.74) is 4.15. The van der Waals surface area contributed by atoms with Gasteiger partial charge in [0, 0.05) is 18.6 Å². The van der Waals surface area contributed by atoms with Gasteiger partial charge in [-0.05, 0) is 18.1 Å². The summed E-state index contributed by atoms with van der Waals surface area (Å²) in [6.45, 7) is 3.94. The normalized spacial score (nSPS) is 11.1. The Morgan fingerprint density at radius 3 is 1.93 bits per heavy atom. The number of hydrogen-bond donors (Lipinski definition) is 0. The molecule has 3 nitrogen and oxygen atoms in total. The molecule has 0 aromatic heterocycles. The molecule has 0 aliphatic heterocycles. The van der Waals surface area contributed by atoms with Gasteiger partial charge >= 0.3 is 0 Å². The van der Waals surface area contributed by atoms with Crippen LogP contribution >= 0.6 is 0 Å². The Morgan fingerprint density at radius 1 is 0.786 bits per heavy atom. The summed E-state index contributed by atoms with van der Waals surface area (Å²) >= 11 is 0. The lowest BCUT2D eigenvalue weighted by Gasteiger charge is -2.25. The number of rotatable bonds is 6. The van der Waals surface area contributed by atoms with Gasteiger partial charge in [0.05, 0.1) is 12.2 Å². The molecule has 0 aliphatic carbocycles. The van der Waals surface area contributed by atoms with Gasteiger partial charge in [-0.3, -0.25) is 9.59 Å². The molecule has 140 valence electrons. The Kier molecular flexibility index (Phi) is 6.18. The van der Waals surface area contributed by atoms with E-state index in [4.69, 9.17) is 0 Å². The molecule has 0 spiro atoms. The van der Waals surface area contributed by atoms with Crippen molar-refractivity contribution >= 4 is 17.4 Å². The fourth-order valence-electron chi connectivity index (χ4n) is 2.98. The van der Waals surface area contributed by atoms with Gasteiger partial charge < -0.3 is 4.90 Å². The molecular formula is C25H23NO2. The Hall–Kier alpha value is -3.46. The number of hydrogen-bond acceptors (Lipinski definition) is 2. The maximum absolute atomic E-state index is 12.9. The lowest BCUT2D eigenvalue weighted by Crippen LogP contribution is -2.27. The van der Waals surface area contributed by atoms with Crippen molar-refractivity contribution in [3.05, 3.63) is 113 Å². The highest BCUT2D eigenvalue weighted by Crippen LogP contribution is 2.24. The molecule has 3 rings (SSSR count). The zero-order chi connectivity index (χ0) is 19.9. The molecule has 28 heavy (non-hydrogen) atoms. The van der Waals surface area contributed by atoms with E-state index in [0.717, 1.165) is 16.7 Å². The molecule has 0 radical (unpaired) electrons. The van der Waals surface area contributed by atoms with Gasteiger partial charge in [0.25, 0.3) is 0 Å². The number of benzene rings is 3. The highest BCUT2D eigenvalue weighted by Gasteiger charge is 2.18. The Morgan fingerprint density at radius 2 is 1.36 bits per heavy atom. The summed E-state index contributed by atoms with van der Waals surface area (Å²) in [6.07, 6.45) is 1.56. The number of aryl methyl sites for hydroxylation is 1. The van der Waals surface area contributed by atoms with E-state index in [2.05, 4.69) is 0 Å². The molecule has 0 atom stereocenters. The number of amides is 1. The van der Waals surface area contributed by atoms with Crippen LogP contribution in [0.2, 0.25) is 0 Å². The maximum atomic E-state index is 12.9. The zero-order valence-electron chi connectivity index (χ0n) is 16.1. The second-order valence-corrected chi connectivity index (χ2v) is 6.72. The SMILES string of the molecule is CC(=O)N(Cc1ccccc1)/C(=C/C(=O)c1ccccc1)c1ccc(C)cc1. The van der Waals surface area contributed by atoms with Gasteiger partial charge in [0.15, 0.2) is 5.78 Å². The van der Waals surface area contributed by atoms with E-state index in [1.54, 1.807) is 23.1 Å². The number of nitrogens with zero attached hydrogens (tertiary/aromatic N) is 1. The predicted octanol–water partition coefficient (Wildman–Crippen LogP) is 5.27. The third-order valence-electron chi connectivity index (χ3n) is 4.53. The van der Waals surface area contributed by atoms with Crippen molar-refractivity contribution in [2.75, 3.05) is 0 Å². The first-order chi connectivity index (χ1) is 13.5. The van der Waals surface area contributed by atoms with E-state index in [0.29, 0.717) is 17.8 Å². The quantitative estimate of drug-likeness (QED) is 0.439. The largest absolute Gasteiger partial charge is 0.308 e. The maximum Gasteiger partial charge on any atom is 0.224 e. The molecule has 0 heterocycles. The van der Waals surface area contributed by atoms with E-state index in [1.807, 2.05) is 79.7 Å². The third kappa shape index (κ3) is 4.83. The highest BCUT2D eigenvalue weighted by molar-refractivity contribution is 6.09. The summed E-state index contributed by atoms with van der Waals surface area (Å²) < 4.78 is 0. The van der Waals surface area contributed by atoms with Crippen LogP contribution in [0, 0.1) is 6.92 Å². The smallest absolute Gasteiger partial charge is 0.224 e. The van der Waals surface area contributed by atoms with Crippen LogP contribution in [0.15, 0.2) is 91.0 Å². The first-order valence-electron chi connectivity index (χ1n) is 9.25. The topological polar surface area (TPSA) is 37.4 Å². The van der Waals surface area contributed by atoms with Gasteiger partial charge in [-0.1, -0.05) is 90.5 Å². The fourth-order valence-corrected chi connectivity index (χ4v) is 2.98. The summed E-state index contributed by atoms with van der Waals surface area (Å²) in [7, 11) is 0. The minimum atomic E-state index is -0.129. The first-order valence-corrected chi connectivity index (χ1v) is 9.25. The number of allylic oxidation sites excluding steroid dienone is 1. The predicted molar refractivity (Wildman–Crippen MR) is 113 cm³/mol. The van der Waals surface area contributed by atoms with Crippen molar-refractivity contribution in [2.45, 2.75) is 20.4 Å². The molecule has 3 aromatic carbocycles. The fraction of sp³-hybridized carbons (Fsp3) is 0.120. The lowest BCUT2D eigenvalue weighted by molar-refractivity contribution is -0.126. The number of ketones is 1. The molecule has 0 saturated heterocycles. The van der Waals surface area contributed by atoms with Crippen LogP contribution in [-0.4, -0.2) is 16.6 Å². The van der Waals surface area contributed by atoms with Crippen LogP contribution in [0.4, 0.5) is 0 Å². The monoisotopic (exact) mass is 369 g/mol. The van der Waals surface area contributed by atoms with E-state index < -0.39 is 0 Å². The average molecular weight is 369 g/mol. The Balaban J connectivity index is 2.05. The molecule has 0 bridgehead atoms. The molecule has 0 aliphatic rings. The van der Waals surface area contributed by atoms with Gasteiger partial charge in [-0.15, -0.1) is 0 Å². The van der Waals surface area contributed by atoms with Crippen molar-refractivity contribution in [3.63, 3.8) is 0 Å². The van der Waals surface area contributed by atoms with Crippen LogP contribution in [0.3, 0.4) is 0 Å². The minimum absolute atomic E-state index is 0.114. The highest BCUT2D eigenvalue weighted by atomic mass is 16.2. The van der Waals surface area contributed by atoms with Crippen LogP contribution in [0.5, 0.6) is 0 Å². The molecule has 3 heteroatoms. The van der Waals surface area contributed by atoms with Crippen molar-refractivity contribution in [2.24, 2.45) is 0 Å². The second-order valence-electron chi connectivity index (χ2n) is 6.72. The first kappa shape index (κ1) is 19.3. The van der Waals surface area contributed by atoms with Crippen molar-refractivity contribution in [1.29, 1.82) is 0 Å². The number of carbonyl (C=O) groups is 2. The van der Waals surface area contributed by atoms with Crippen molar-refractivity contribution in [3.8, 4) is 0 Å². The standard InChI is InChI=1S/C25H23NO2/c1-19-13-15-22(16-14-19)24(17-25(28)23-11-7-4-8-12-23)26(20(2)27)18-21-9-5-3-6-10-21/h3-17H,18H2,1-2H3/b24-17+. The zero-order valence-corrected chi connectivity index (χ0v) is 16.1. The average Bonchev–Trinajstić information content (AvgIpc) is 2.72. The van der Waals surface area contributed by atoms with E-state index in [-0.39, 0.29) is 11.7 Å². The van der Waals surface area contributed by atoms with E-state index in [9.17, 15) is 9.59 Å². The molecule has 0 unspecified atom stereocenters. The molecule has 1 amide bonds. The van der Waals surface area contributed by atoms with Crippen molar-refractivity contribution < 1.29 is 9.59 Å². The van der Waals surface area contributed by atoms with Gasteiger partial charge in [0.1, 0.15) is 0 Å². The lowest BCUT2D eigenvalue weighted by atomic mass is 10.0. The van der Waals surface area contributed by atoms with Gasteiger partial charge in [-0.2, -0.15) is 0 Å². The van der Waals surface area contributed by atoms with Crippen LogP contribution in [0.1, 0.15) is 34.0 Å². The third-order valence-corrected chi connectivity index (χ3v) is 4.53. The minimum Gasteiger partial charge on any atom is -0.308 e. The van der Waals surface area contributed by atoms with Crippen LogP contribution in [-0.2, 0) is 11.3 Å². The van der Waals surface area contributed by atoms with E-state index >= 15 is 0 Å². The van der Waals surface area contributed by atoms with Gasteiger partial charge in [-0.25, -0.2) is 0 Å². The summed E-state index contributed by atoms with van der Waals surface area (Å²) in [6, 6.07) is 26.7. The summed E-state index contributed by atoms with van der Waals surface area (Å²) in [5, 5.41) is 0. The Labute approximate surface area is 165 Å². The summed E-state index contributed by atoms with van der Waals surface area (Å²) in [5.74, 6) is -0.243. The van der Waals surface area contributed by atoms with Crippen LogP contribution in [0.25, 0.3) is 5.70 Å². The number of carbonyl (C=O) groups excluding carboxylic acids is 2. The Bertz CT molecular complexity index is 974.